The summed E-state index contributed by atoms with van der Waals surface area (Å²) in [6.07, 6.45) is 4.06. The summed E-state index contributed by atoms with van der Waals surface area (Å²) in [6, 6.07) is 0.221. The summed E-state index contributed by atoms with van der Waals surface area (Å²) in [4.78, 5) is 0. The lowest BCUT2D eigenvalue weighted by molar-refractivity contribution is 0.0988. The lowest BCUT2D eigenvalue weighted by atomic mass is 10.1. The molecule has 0 aliphatic rings. The van der Waals surface area contributed by atoms with Crippen LogP contribution in [0.2, 0.25) is 0 Å². The van der Waals surface area contributed by atoms with E-state index in [9.17, 15) is 0 Å². The first-order valence-electron chi connectivity index (χ1n) is 7.10. The SMILES string of the molecule is CCCNC(CC(C)OC)c1c(Br)cnn1CCOC. The van der Waals surface area contributed by atoms with Crippen molar-refractivity contribution in [2.24, 2.45) is 0 Å². The number of nitrogens with one attached hydrogen (secondary N) is 1. The summed E-state index contributed by atoms with van der Waals surface area (Å²) in [6.45, 7) is 6.64. The number of ether oxygens (including phenoxy) is 2. The molecule has 5 nitrogen and oxygen atoms in total. The fourth-order valence-corrected chi connectivity index (χ4v) is 2.69. The Kier molecular flexibility index (Phi) is 8.37. The zero-order valence-corrected chi connectivity index (χ0v) is 14.4. The molecule has 116 valence electrons. The average molecular weight is 348 g/mol. The molecule has 0 aliphatic carbocycles. The Balaban J connectivity index is 2.89. The molecular formula is C14H26BrN3O2. The first-order chi connectivity index (χ1) is 9.63. The van der Waals surface area contributed by atoms with Gasteiger partial charge in [0.1, 0.15) is 0 Å². The van der Waals surface area contributed by atoms with Gasteiger partial charge < -0.3 is 14.8 Å². The van der Waals surface area contributed by atoms with Crippen LogP contribution in [0.5, 0.6) is 0 Å². The van der Waals surface area contributed by atoms with Crippen molar-refractivity contribution in [3.05, 3.63) is 16.4 Å². The predicted molar refractivity (Wildman–Crippen MR) is 83.9 cm³/mol. The molecule has 1 aromatic heterocycles. The lowest BCUT2D eigenvalue weighted by Crippen LogP contribution is -2.29. The molecule has 0 aliphatic heterocycles. The third-order valence-electron chi connectivity index (χ3n) is 3.28. The molecule has 0 bridgehead atoms. The van der Waals surface area contributed by atoms with Gasteiger partial charge in [-0.2, -0.15) is 5.10 Å². The topological polar surface area (TPSA) is 48.3 Å². The molecule has 0 fully saturated rings. The summed E-state index contributed by atoms with van der Waals surface area (Å²) < 4.78 is 13.6. The highest BCUT2D eigenvalue weighted by Gasteiger charge is 2.21. The van der Waals surface area contributed by atoms with Gasteiger partial charge in [-0.3, -0.25) is 4.68 Å². The van der Waals surface area contributed by atoms with E-state index in [4.69, 9.17) is 9.47 Å². The van der Waals surface area contributed by atoms with Crippen LogP contribution >= 0.6 is 15.9 Å². The summed E-state index contributed by atoms with van der Waals surface area (Å²) >= 11 is 3.61. The summed E-state index contributed by atoms with van der Waals surface area (Å²) in [5, 5.41) is 8.01. The van der Waals surface area contributed by atoms with E-state index in [1.807, 2.05) is 10.9 Å². The molecule has 1 rings (SSSR count). The van der Waals surface area contributed by atoms with Crippen LogP contribution in [-0.4, -0.2) is 43.3 Å². The van der Waals surface area contributed by atoms with Crippen molar-refractivity contribution < 1.29 is 9.47 Å². The van der Waals surface area contributed by atoms with Gasteiger partial charge in [-0.15, -0.1) is 0 Å². The minimum absolute atomic E-state index is 0.196. The van der Waals surface area contributed by atoms with Gasteiger partial charge in [0.25, 0.3) is 0 Å². The molecule has 20 heavy (non-hydrogen) atoms. The van der Waals surface area contributed by atoms with Gasteiger partial charge in [-0.1, -0.05) is 6.92 Å². The van der Waals surface area contributed by atoms with Gasteiger partial charge in [0.2, 0.25) is 0 Å². The molecule has 0 saturated heterocycles. The molecule has 0 radical (unpaired) electrons. The summed E-state index contributed by atoms with van der Waals surface area (Å²) in [7, 11) is 3.46. The normalized spacial score (nSPS) is 14.4. The van der Waals surface area contributed by atoms with Gasteiger partial charge in [0, 0.05) is 14.2 Å². The van der Waals surface area contributed by atoms with Crippen molar-refractivity contribution in [3.8, 4) is 0 Å². The second kappa shape index (κ2) is 9.50. The third kappa shape index (κ3) is 5.16. The van der Waals surface area contributed by atoms with Crippen LogP contribution in [0.15, 0.2) is 10.7 Å². The molecule has 0 amide bonds. The van der Waals surface area contributed by atoms with Crippen LogP contribution < -0.4 is 5.32 Å². The number of halogens is 1. The highest BCUT2D eigenvalue weighted by Crippen LogP contribution is 2.27. The van der Waals surface area contributed by atoms with Gasteiger partial charge in [-0.05, 0) is 42.2 Å². The molecule has 1 N–H and O–H groups in total. The van der Waals surface area contributed by atoms with Crippen LogP contribution in [-0.2, 0) is 16.0 Å². The van der Waals surface area contributed by atoms with Crippen molar-refractivity contribution >= 4 is 15.9 Å². The fourth-order valence-electron chi connectivity index (χ4n) is 2.11. The molecule has 0 spiro atoms. The molecule has 6 heteroatoms. The number of methoxy groups -OCH3 is 2. The molecule has 0 aromatic carbocycles. The van der Waals surface area contributed by atoms with E-state index in [2.05, 4.69) is 40.2 Å². The monoisotopic (exact) mass is 347 g/mol. The predicted octanol–water partition coefficient (Wildman–Crippen LogP) is 2.76. The summed E-state index contributed by atoms with van der Waals surface area (Å²) in [5.41, 5.74) is 1.17. The molecule has 2 atom stereocenters. The summed E-state index contributed by atoms with van der Waals surface area (Å²) in [5.74, 6) is 0. The van der Waals surface area contributed by atoms with E-state index in [1.165, 1.54) is 5.69 Å². The van der Waals surface area contributed by atoms with Gasteiger partial charge in [0.05, 0.1) is 41.7 Å². The zero-order valence-electron chi connectivity index (χ0n) is 12.9. The highest BCUT2D eigenvalue weighted by atomic mass is 79.9. The standard InChI is InChI=1S/C14H26BrN3O2/c1-5-6-16-13(9-11(2)20-4)14-12(15)10-17-18(14)7-8-19-3/h10-11,13,16H,5-9H2,1-4H3. The Morgan fingerprint density at radius 2 is 2.20 bits per heavy atom. The smallest absolute Gasteiger partial charge is 0.0697 e. The maximum Gasteiger partial charge on any atom is 0.0697 e. The number of nitrogens with zero attached hydrogens (tertiary/aromatic N) is 2. The van der Waals surface area contributed by atoms with Crippen molar-refractivity contribution in [3.63, 3.8) is 0 Å². The third-order valence-corrected chi connectivity index (χ3v) is 3.89. The van der Waals surface area contributed by atoms with Crippen molar-refractivity contribution in [1.82, 2.24) is 15.1 Å². The van der Waals surface area contributed by atoms with Crippen LogP contribution in [0.25, 0.3) is 0 Å². The Bertz CT molecular complexity index is 384. The average Bonchev–Trinajstić information content (AvgIpc) is 2.82. The van der Waals surface area contributed by atoms with Gasteiger partial charge in [0.15, 0.2) is 0 Å². The minimum atomic E-state index is 0.196. The van der Waals surface area contributed by atoms with E-state index in [0.717, 1.165) is 30.4 Å². The maximum atomic E-state index is 5.41. The Hall–Kier alpha value is -0.430. The number of hydrogen-bond donors (Lipinski definition) is 1. The first-order valence-corrected chi connectivity index (χ1v) is 7.89. The largest absolute Gasteiger partial charge is 0.383 e. The Morgan fingerprint density at radius 1 is 1.45 bits per heavy atom. The fraction of sp³-hybridized carbons (Fsp3) is 0.786. The molecule has 0 saturated carbocycles. The van der Waals surface area contributed by atoms with Crippen molar-refractivity contribution in [2.45, 2.75) is 45.4 Å². The van der Waals surface area contributed by atoms with E-state index in [0.29, 0.717) is 6.61 Å². The molecule has 1 aromatic rings. The van der Waals surface area contributed by atoms with E-state index < -0.39 is 0 Å². The molecule has 1 heterocycles. The van der Waals surface area contributed by atoms with Crippen molar-refractivity contribution in [2.75, 3.05) is 27.4 Å². The zero-order chi connectivity index (χ0) is 15.0. The first kappa shape index (κ1) is 17.6. The van der Waals surface area contributed by atoms with E-state index in [1.54, 1.807) is 14.2 Å². The second-order valence-corrected chi connectivity index (χ2v) is 5.74. The Morgan fingerprint density at radius 3 is 2.80 bits per heavy atom. The van der Waals surface area contributed by atoms with Crippen LogP contribution in [0.1, 0.15) is 38.4 Å². The molecule has 2 unspecified atom stereocenters. The van der Waals surface area contributed by atoms with Crippen LogP contribution in [0.3, 0.4) is 0 Å². The quantitative estimate of drug-likeness (QED) is 0.706. The second-order valence-electron chi connectivity index (χ2n) is 4.88. The van der Waals surface area contributed by atoms with E-state index >= 15 is 0 Å². The van der Waals surface area contributed by atoms with Crippen LogP contribution in [0, 0.1) is 0 Å². The van der Waals surface area contributed by atoms with E-state index in [-0.39, 0.29) is 12.1 Å². The minimum Gasteiger partial charge on any atom is -0.383 e. The maximum absolute atomic E-state index is 5.41. The number of aromatic nitrogens is 2. The Labute approximate surface area is 130 Å². The van der Waals surface area contributed by atoms with Crippen molar-refractivity contribution in [1.29, 1.82) is 0 Å². The van der Waals surface area contributed by atoms with Crippen LogP contribution in [0.4, 0.5) is 0 Å². The number of rotatable bonds is 10. The van der Waals surface area contributed by atoms with Gasteiger partial charge >= 0.3 is 0 Å². The highest BCUT2D eigenvalue weighted by molar-refractivity contribution is 9.10. The molecular weight excluding hydrogens is 322 g/mol. The number of hydrogen-bond acceptors (Lipinski definition) is 4. The lowest BCUT2D eigenvalue weighted by Gasteiger charge is -2.23. The van der Waals surface area contributed by atoms with Gasteiger partial charge in [-0.25, -0.2) is 0 Å².